The normalized spacial score (nSPS) is 26.1. The van der Waals surface area contributed by atoms with Gasteiger partial charge in [-0.05, 0) is 68.5 Å². The van der Waals surface area contributed by atoms with Crippen molar-refractivity contribution in [3.63, 3.8) is 0 Å². The predicted molar refractivity (Wildman–Crippen MR) is 179 cm³/mol. The Morgan fingerprint density at radius 3 is 2.20 bits per heavy atom. The summed E-state index contributed by atoms with van der Waals surface area (Å²) in [6.07, 6.45) is 7.99. The SMILES string of the molecule is C=CCN(C(=O)C1N(CCCCCCO)C(=O)[C@@H]2[C@@H](C(=O)N(CC=C)c3ccccc3)[C@@]3(CC)CCC12O3)c1ccc(OC)cc1. The number of nitrogens with zero attached hydrogens (tertiary/aromatic N) is 3. The number of unbranched alkanes of at least 4 members (excludes halogenated alkanes) is 3. The van der Waals surface area contributed by atoms with E-state index in [1.807, 2.05) is 49.4 Å². The summed E-state index contributed by atoms with van der Waals surface area (Å²) in [6.45, 7) is 10.8. The van der Waals surface area contributed by atoms with E-state index in [1.165, 1.54) is 0 Å². The summed E-state index contributed by atoms with van der Waals surface area (Å²) in [5.41, 5.74) is -0.614. The summed E-state index contributed by atoms with van der Waals surface area (Å²) >= 11 is 0. The Morgan fingerprint density at radius 1 is 0.957 bits per heavy atom. The molecule has 9 heteroatoms. The fourth-order valence-electron chi connectivity index (χ4n) is 7.95. The Labute approximate surface area is 272 Å². The maximum atomic E-state index is 14.9. The minimum atomic E-state index is -1.14. The molecular formula is C37H47N3O6. The highest BCUT2D eigenvalue weighted by Crippen LogP contribution is 2.64. The number of carbonyl (C=O) groups excluding carboxylic acids is 3. The second kappa shape index (κ2) is 14.2. The van der Waals surface area contributed by atoms with Gasteiger partial charge in [0, 0.05) is 37.6 Å². The summed E-state index contributed by atoms with van der Waals surface area (Å²) in [5.74, 6) is -1.50. The van der Waals surface area contributed by atoms with Crippen LogP contribution in [0.15, 0.2) is 79.9 Å². The largest absolute Gasteiger partial charge is 0.497 e. The maximum Gasteiger partial charge on any atom is 0.253 e. The van der Waals surface area contributed by atoms with Crippen LogP contribution in [0.1, 0.15) is 51.9 Å². The van der Waals surface area contributed by atoms with Crippen molar-refractivity contribution >= 4 is 29.1 Å². The van der Waals surface area contributed by atoms with E-state index >= 15 is 0 Å². The molecule has 0 aromatic heterocycles. The highest BCUT2D eigenvalue weighted by Gasteiger charge is 2.79. The van der Waals surface area contributed by atoms with Gasteiger partial charge in [-0.15, -0.1) is 13.2 Å². The molecule has 5 atom stereocenters. The Bertz CT molecular complexity index is 1410. The number of methoxy groups -OCH3 is 1. The minimum Gasteiger partial charge on any atom is -0.497 e. The van der Waals surface area contributed by atoms with Gasteiger partial charge in [0.2, 0.25) is 11.8 Å². The highest BCUT2D eigenvalue weighted by molar-refractivity contribution is 6.06. The summed E-state index contributed by atoms with van der Waals surface area (Å²) in [4.78, 5) is 49.3. The number of ether oxygens (including phenoxy) is 2. The van der Waals surface area contributed by atoms with Crippen LogP contribution in [-0.2, 0) is 19.1 Å². The Hall–Kier alpha value is -3.95. The molecule has 3 saturated heterocycles. The standard InChI is InChI=1S/C37H47N3O6/c1-5-23-38(27-15-11-10-12-16-27)33(42)30-31-34(43)40(25-13-8-9-14-26-41)32(37(31)22-21-36(30,7-3)46-37)35(44)39(24-6-2)28-17-19-29(45-4)20-18-28/h5-6,10-12,15-20,30-32,41H,1-2,7-9,13-14,21-26H2,3-4H3/t30-,31-,32?,36+,37?/m0/s1. The molecule has 5 rings (SSSR count). The number of aliphatic hydroxyl groups is 1. The Balaban J connectivity index is 1.57. The van der Waals surface area contributed by atoms with Gasteiger partial charge in [-0.1, -0.05) is 50.1 Å². The van der Waals surface area contributed by atoms with Crippen molar-refractivity contribution in [1.82, 2.24) is 4.90 Å². The van der Waals surface area contributed by atoms with Gasteiger partial charge in [-0.3, -0.25) is 14.4 Å². The molecule has 3 aliphatic rings. The van der Waals surface area contributed by atoms with Crippen molar-refractivity contribution in [3.8, 4) is 5.75 Å². The number of hydrogen-bond donors (Lipinski definition) is 1. The number of carbonyl (C=O) groups is 3. The van der Waals surface area contributed by atoms with E-state index in [1.54, 1.807) is 46.1 Å². The van der Waals surface area contributed by atoms with E-state index < -0.39 is 29.1 Å². The molecule has 2 aromatic rings. The molecule has 2 bridgehead atoms. The first-order valence-electron chi connectivity index (χ1n) is 16.5. The molecule has 1 N–H and O–H groups in total. The molecule has 3 heterocycles. The summed E-state index contributed by atoms with van der Waals surface area (Å²) in [6, 6.07) is 15.8. The van der Waals surface area contributed by atoms with Crippen molar-refractivity contribution in [2.24, 2.45) is 11.8 Å². The number of rotatable bonds is 16. The first-order chi connectivity index (χ1) is 22.3. The summed E-state index contributed by atoms with van der Waals surface area (Å²) in [7, 11) is 1.59. The average Bonchev–Trinajstić information content (AvgIpc) is 3.69. The second-order valence-electron chi connectivity index (χ2n) is 12.5. The second-order valence-corrected chi connectivity index (χ2v) is 12.5. The number of aliphatic hydroxyl groups excluding tert-OH is 1. The van der Waals surface area contributed by atoms with Crippen LogP contribution in [0.2, 0.25) is 0 Å². The third-order valence-electron chi connectivity index (χ3n) is 10.1. The molecule has 2 unspecified atom stereocenters. The van der Waals surface area contributed by atoms with E-state index in [0.29, 0.717) is 50.1 Å². The van der Waals surface area contributed by atoms with E-state index in [9.17, 15) is 19.5 Å². The first kappa shape index (κ1) is 33.4. The molecule has 246 valence electrons. The molecule has 2 aromatic carbocycles. The lowest BCUT2D eigenvalue weighted by atomic mass is 9.64. The zero-order chi connectivity index (χ0) is 32.9. The quantitative estimate of drug-likeness (QED) is 0.204. The molecule has 3 fully saturated rings. The molecule has 46 heavy (non-hydrogen) atoms. The van der Waals surface area contributed by atoms with Crippen LogP contribution in [-0.4, -0.2) is 78.3 Å². The predicted octanol–water partition coefficient (Wildman–Crippen LogP) is 5.14. The zero-order valence-corrected chi connectivity index (χ0v) is 27.1. The van der Waals surface area contributed by atoms with Gasteiger partial charge in [0.15, 0.2) is 0 Å². The lowest BCUT2D eigenvalue weighted by molar-refractivity contribution is -0.146. The van der Waals surface area contributed by atoms with Crippen LogP contribution in [0.25, 0.3) is 0 Å². The van der Waals surface area contributed by atoms with Crippen LogP contribution < -0.4 is 14.5 Å². The third kappa shape index (κ3) is 5.75. The molecular weight excluding hydrogens is 582 g/mol. The fraction of sp³-hybridized carbons (Fsp3) is 0.486. The van der Waals surface area contributed by atoms with E-state index in [-0.39, 0.29) is 37.4 Å². The average molecular weight is 630 g/mol. The molecule has 0 aliphatic carbocycles. The lowest BCUT2D eigenvalue weighted by Gasteiger charge is -2.37. The number of amides is 3. The molecule has 1 spiro atoms. The van der Waals surface area contributed by atoms with Gasteiger partial charge in [-0.2, -0.15) is 0 Å². The van der Waals surface area contributed by atoms with E-state index in [2.05, 4.69) is 13.2 Å². The third-order valence-corrected chi connectivity index (χ3v) is 10.1. The van der Waals surface area contributed by atoms with Crippen LogP contribution in [0, 0.1) is 11.8 Å². The van der Waals surface area contributed by atoms with Crippen molar-refractivity contribution in [1.29, 1.82) is 0 Å². The van der Waals surface area contributed by atoms with E-state index in [4.69, 9.17) is 9.47 Å². The number of benzene rings is 2. The number of para-hydroxylation sites is 1. The molecule has 9 nitrogen and oxygen atoms in total. The van der Waals surface area contributed by atoms with Crippen molar-refractivity contribution in [3.05, 3.63) is 79.9 Å². The number of likely N-dealkylation sites (tertiary alicyclic amines) is 1. The number of anilines is 2. The molecule has 0 radical (unpaired) electrons. The van der Waals surface area contributed by atoms with Gasteiger partial charge >= 0.3 is 0 Å². The van der Waals surface area contributed by atoms with Crippen molar-refractivity contribution < 1.29 is 29.0 Å². The lowest BCUT2D eigenvalue weighted by Crippen LogP contribution is -2.56. The van der Waals surface area contributed by atoms with Gasteiger partial charge in [0.05, 0.1) is 24.5 Å². The van der Waals surface area contributed by atoms with Crippen molar-refractivity contribution in [2.45, 2.75) is 69.1 Å². The maximum absolute atomic E-state index is 14.9. The van der Waals surface area contributed by atoms with Crippen LogP contribution >= 0.6 is 0 Å². The van der Waals surface area contributed by atoms with Crippen LogP contribution in [0.5, 0.6) is 5.75 Å². The summed E-state index contributed by atoms with van der Waals surface area (Å²) in [5, 5.41) is 9.27. The summed E-state index contributed by atoms with van der Waals surface area (Å²) < 4.78 is 12.4. The molecule has 3 amide bonds. The minimum absolute atomic E-state index is 0.118. The zero-order valence-electron chi connectivity index (χ0n) is 27.1. The van der Waals surface area contributed by atoms with Gasteiger partial charge in [-0.25, -0.2) is 0 Å². The van der Waals surface area contributed by atoms with Crippen molar-refractivity contribution in [2.75, 3.05) is 43.2 Å². The highest BCUT2D eigenvalue weighted by atomic mass is 16.5. The smallest absolute Gasteiger partial charge is 0.253 e. The first-order valence-corrected chi connectivity index (χ1v) is 16.5. The van der Waals surface area contributed by atoms with Crippen LogP contribution in [0.3, 0.4) is 0 Å². The monoisotopic (exact) mass is 629 g/mol. The number of hydrogen-bond acceptors (Lipinski definition) is 6. The van der Waals surface area contributed by atoms with Crippen LogP contribution in [0.4, 0.5) is 11.4 Å². The topological polar surface area (TPSA) is 99.6 Å². The Kier molecular flexibility index (Phi) is 10.3. The molecule has 3 aliphatic heterocycles. The fourth-order valence-corrected chi connectivity index (χ4v) is 7.95. The van der Waals surface area contributed by atoms with E-state index in [0.717, 1.165) is 18.5 Å². The number of fused-ring (bicyclic) bond motifs is 1. The molecule has 0 saturated carbocycles. The van der Waals surface area contributed by atoms with Gasteiger partial charge < -0.3 is 29.3 Å². The van der Waals surface area contributed by atoms with Gasteiger partial charge in [0.1, 0.15) is 17.4 Å². The van der Waals surface area contributed by atoms with Gasteiger partial charge in [0.25, 0.3) is 5.91 Å². The Morgan fingerprint density at radius 2 is 1.59 bits per heavy atom.